The van der Waals surface area contributed by atoms with E-state index in [0.717, 1.165) is 11.1 Å². The number of aromatic nitrogens is 2. The Morgan fingerprint density at radius 3 is 2.64 bits per heavy atom. The van der Waals surface area contributed by atoms with Crippen molar-refractivity contribution < 1.29 is 9.90 Å². The minimum absolute atomic E-state index is 0.0976. The van der Waals surface area contributed by atoms with E-state index >= 15 is 0 Å². The molecule has 0 aliphatic rings. The van der Waals surface area contributed by atoms with Gasteiger partial charge in [0.2, 0.25) is 0 Å². The van der Waals surface area contributed by atoms with Gasteiger partial charge in [0.25, 0.3) is 5.56 Å². The molecule has 7 nitrogen and oxygen atoms in total. The summed E-state index contributed by atoms with van der Waals surface area (Å²) in [6.45, 7) is 1.71. The first-order chi connectivity index (χ1) is 6.56. The van der Waals surface area contributed by atoms with Crippen LogP contribution in [0.25, 0.3) is 0 Å². The van der Waals surface area contributed by atoms with Gasteiger partial charge in [-0.15, -0.1) is 0 Å². The number of nitrogens with zero attached hydrogens (tertiary/aromatic N) is 1. The number of carbonyl (C=O) groups is 1. The van der Waals surface area contributed by atoms with Gasteiger partial charge in [-0.3, -0.25) is 14.7 Å². The first-order valence-electron chi connectivity index (χ1n) is 3.88. The van der Waals surface area contributed by atoms with Crippen LogP contribution in [0.4, 0.5) is 10.5 Å². The SMILES string of the molecule is CCN(C(=O)O)c1c[nH]c(=O)[nH]c1=O. The monoisotopic (exact) mass is 199 g/mol. The Morgan fingerprint density at radius 1 is 1.57 bits per heavy atom. The summed E-state index contributed by atoms with van der Waals surface area (Å²) >= 11 is 0. The molecule has 0 fully saturated rings. The number of aromatic amines is 2. The van der Waals surface area contributed by atoms with E-state index in [1.165, 1.54) is 0 Å². The number of nitrogens with one attached hydrogen (secondary N) is 2. The molecule has 0 aliphatic heterocycles. The van der Waals surface area contributed by atoms with Crippen LogP contribution < -0.4 is 16.1 Å². The summed E-state index contributed by atoms with van der Waals surface area (Å²) < 4.78 is 0. The lowest BCUT2D eigenvalue weighted by Gasteiger charge is -2.14. The zero-order valence-corrected chi connectivity index (χ0v) is 7.40. The van der Waals surface area contributed by atoms with E-state index in [1.807, 2.05) is 4.98 Å². The molecule has 7 heteroatoms. The molecular weight excluding hydrogens is 190 g/mol. The summed E-state index contributed by atoms with van der Waals surface area (Å²) in [5, 5.41) is 8.70. The molecule has 0 aliphatic carbocycles. The number of hydrogen-bond acceptors (Lipinski definition) is 3. The molecule has 1 amide bonds. The zero-order chi connectivity index (χ0) is 10.7. The van der Waals surface area contributed by atoms with Crippen molar-refractivity contribution in [2.24, 2.45) is 0 Å². The lowest BCUT2D eigenvalue weighted by atomic mass is 10.4. The predicted molar refractivity (Wildman–Crippen MR) is 48.7 cm³/mol. The molecular formula is C7H9N3O4. The molecule has 0 saturated heterocycles. The van der Waals surface area contributed by atoms with Crippen molar-refractivity contribution in [1.82, 2.24) is 9.97 Å². The second-order valence-electron chi connectivity index (χ2n) is 2.48. The topological polar surface area (TPSA) is 106 Å². The summed E-state index contributed by atoms with van der Waals surface area (Å²) in [5.41, 5.74) is -1.49. The average Bonchev–Trinajstić information content (AvgIpc) is 2.09. The largest absolute Gasteiger partial charge is 0.465 e. The fraction of sp³-hybridized carbons (Fsp3) is 0.286. The minimum Gasteiger partial charge on any atom is -0.465 e. The number of amides is 1. The lowest BCUT2D eigenvalue weighted by Crippen LogP contribution is -2.36. The van der Waals surface area contributed by atoms with Crippen LogP contribution in [0.15, 0.2) is 15.8 Å². The van der Waals surface area contributed by atoms with Crippen LogP contribution in [0, 0.1) is 0 Å². The third-order valence-electron chi connectivity index (χ3n) is 1.64. The molecule has 0 spiro atoms. The highest BCUT2D eigenvalue weighted by molar-refractivity contribution is 5.85. The van der Waals surface area contributed by atoms with Gasteiger partial charge >= 0.3 is 11.8 Å². The number of hydrogen-bond donors (Lipinski definition) is 3. The normalized spacial score (nSPS) is 9.79. The Labute approximate surface area is 78.0 Å². The van der Waals surface area contributed by atoms with Gasteiger partial charge in [-0.1, -0.05) is 0 Å². The smallest absolute Gasteiger partial charge is 0.412 e. The maximum atomic E-state index is 11.2. The Kier molecular flexibility index (Phi) is 2.70. The quantitative estimate of drug-likeness (QED) is 0.600. The highest BCUT2D eigenvalue weighted by atomic mass is 16.4. The predicted octanol–water partition coefficient (Wildman–Crippen LogP) is -0.433. The first-order valence-corrected chi connectivity index (χ1v) is 3.88. The Hall–Kier alpha value is -2.05. The van der Waals surface area contributed by atoms with Crippen LogP contribution in [0.3, 0.4) is 0 Å². The van der Waals surface area contributed by atoms with Crippen molar-refractivity contribution in [3.63, 3.8) is 0 Å². The molecule has 0 atom stereocenters. The Morgan fingerprint density at radius 2 is 2.21 bits per heavy atom. The third kappa shape index (κ3) is 1.82. The molecule has 1 heterocycles. The third-order valence-corrected chi connectivity index (χ3v) is 1.64. The second-order valence-corrected chi connectivity index (χ2v) is 2.48. The highest BCUT2D eigenvalue weighted by Gasteiger charge is 2.15. The summed E-state index contributed by atoms with van der Waals surface area (Å²) in [6.07, 6.45) is -0.177. The van der Waals surface area contributed by atoms with Gasteiger partial charge in [0, 0.05) is 12.7 Å². The fourth-order valence-electron chi connectivity index (χ4n) is 1.01. The van der Waals surface area contributed by atoms with Crippen LogP contribution in [0.1, 0.15) is 6.92 Å². The van der Waals surface area contributed by atoms with Crippen molar-refractivity contribution in [3.8, 4) is 0 Å². The van der Waals surface area contributed by atoms with Crippen molar-refractivity contribution >= 4 is 11.8 Å². The fourth-order valence-corrected chi connectivity index (χ4v) is 1.01. The summed E-state index contributed by atoms with van der Waals surface area (Å²) in [6, 6.07) is 0. The molecule has 1 aromatic rings. The molecule has 0 aromatic carbocycles. The second kappa shape index (κ2) is 3.77. The highest BCUT2D eigenvalue weighted by Crippen LogP contribution is 2.03. The van der Waals surface area contributed by atoms with Crippen molar-refractivity contribution in [2.75, 3.05) is 11.4 Å². The number of rotatable bonds is 2. The van der Waals surface area contributed by atoms with Crippen LogP contribution in [-0.4, -0.2) is 27.7 Å². The maximum absolute atomic E-state index is 11.2. The molecule has 1 aromatic heterocycles. The summed E-state index contributed by atoms with van der Waals surface area (Å²) in [7, 11) is 0. The summed E-state index contributed by atoms with van der Waals surface area (Å²) in [5.74, 6) is 0. The molecule has 0 radical (unpaired) electrons. The van der Waals surface area contributed by atoms with Gasteiger partial charge in [0.1, 0.15) is 5.69 Å². The molecule has 0 saturated carbocycles. The summed E-state index contributed by atoms with van der Waals surface area (Å²) in [4.78, 5) is 37.4. The van der Waals surface area contributed by atoms with E-state index in [2.05, 4.69) is 4.98 Å². The van der Waals surface area contributed by atoms with E-state index in [1.54, 1.807) is 6.92 Å². The van der Waals surface area contributed by atoms with Crippen LogP contribution in [0.2, 0.25) is 0 Å². The van der Waals surface area contributed by atoms with E-state index in [9.17, 15) is 14.4 Å². The molecule has 76 valence electrons. The van der Waals surface area contributed by atoms with Gasteiger partial charge in [-0.25, -0.2) is 9.59 Å². The van der Waals surface area contributed by atoms with E-state index < -0.39 is 17.3 Å². The van der Waals surface area contributed by atoms with Gasteiger partial charge in [-0.2, -0.15) is 0 Å². The maximum Gasteiger partial charge on any atom is 0.412 e. The van der Waals surface area contributed by atoms with Crippen LogP contribution >= 0.6 is 0 Å². The van der Waals surface area contributed by atoms with Gasteiger partial charge < -0.3 is 10.1 Å². The molecule has 1 rings (SSSR count). The number of carboxylic acid groups (broad SMARTS) is 1. The Bertz CT molecular complexity index is 447. The molecule has 0 bridgehead atoms. The molecule has 14 heavy (non-hydrogen) atoms. The van der Waals surface area contributed by atoms with Crippen LogP contribution in [0.5, 0.6) is 0 Å². The van der Waals surface area contributed by atoms with Gasteiger partial charge in [-0.05, 0) is 6.92 Å². The van der Waals surface area contributed by atoms with E-state index in [0.29, 0.717) is 0 Å². The standard InChI is InChI=1S/C7H9N3O4/c1-2-10(7(13)14)4-3-8-6(12)9-5(4)11/h3H,2H2,1H3,(H,13,14)(H2,8,9,11,12). The average molecular weight is 199 g/mol. The van der Waals surface area contributed by atoms with Gasteiger partial charge in [0.15, 0.2) is 0 Å². The van der Waals surface area contributed by atoms with Gasteiger partial charge in [0.05, 0.1) is 0 Å². The van der Waals surface area contributed by atoms with E-state index in [4.69, 9.17) is 5.11 Å². The number of H-pyrrole nitrogens is 2. The van der Waals surface area contributed by atoms with Crippen LogP contribution in [-0.2, 0) is 0 Å². The zero-order valence-electron chi connectivity index (χ0n) is 7.40. The Balaban J connectivity index is 3.24. The van der Waals surface area contributed by atoms with Crippen molar-refractivity contribution in [1.29, 1.82) is 0 Å². The molecule has 3 N–H and O–H groups in total. The lowest BCUT2D eigenvalue weighted by molar-refractivity contribution is 0.202. The number of anilines is 1. The van der Waals surface area contributed by atoms with Crippen molar-refractivity contribution in [3.05, 3.63) is 27.0 Å². The minimum atomic E-state index is -1.25. The molecule has 0 unspecified atom stereocenters. The first kappa shape index (κ1) is 10.0. The van der Waals surface area contributed by atoms with E-state index in [-0.39, 0.29) is 12.2 Å². The van der Waals surface area contributed by atoms with Crippen molar-refractivity contribution in [2.45, 2.75) is 6.92 Å².